The van der Waals surface area contributed by atoms with Crippen LogP contribution in [-0.4, -0.2) is 39.4 Å². The third-order valence-corrected chi connectivity index (χ3v) is 7.11. The number of carbonyl (C=O) groups is 2. The Balaban J connectivity index is 1.46. The summed E-state index contributed by atoms with van der Waals surface area (Å²) in [5.74, 6) is 0.684. The summed E-state index contributed by atoms with van der Waals surface area (Å²) < 4.78 is 20.5. The lowest BCUT2D eigenvalue weighted by Gasteiger charge is -2.31. The number of methoxy groups -OCH3 is 1. The second-order valence-electron chi connectivity index (χ2n) is 8.53. The van der Waals surface area contributed by atoms with Gasteiger partial charge in [0, 0.05) is 17.2 Å². The Bertz CT molecular complexity index is 1170. The lowest BCUT2D eigenvalue weighted by atomic mass is 9.85. The van der Waals surface area contributed by atoms with Gasteiger partial charge in [0.2, 0.25) is 5.91 Å². The maximum absolute atomic E-state index is 13.0. The van der Waals surface area contributed by atoms with Crippen molar-refractivity contribution in [3.8, 4) is 17.1 Å². The number of hydrogen-bond donors (Lipinski definition) is 2. The van der Waals surface area contributed by atoms with E-state index in [0.717, 1.165) is 36.4 Å². The fourth-order valence-corrected chi connectivity index (χ4v) is 5.05. The molecule has 0 bridgehead atoms. The fourth-order valence-electron chi connectivity index (χ4n) is 4.26. The number of halogens is 1. The molecule has 2 N–H and O–H groups in total. The molecule has 1 saturated carbocycles. The molecule has 0 aliphatic heterocycles. The first kappa shape index (κ1) is 24.7. The highest BCUT2D eigenvalue weighted by molar-refractivity contribution is 7.99. The summed E-state index contributed by atoms with van der Waals surface area (Å²) in [5.41, 5.74) is 5.93. The maximum Gasteiger partial charge on any atom is 0.269 e. The molecule has 2 unspecified atom stereocenters. The minimum absolute atomic E-state index is 0.0472. The maximum atomic E-state index is 13.0. The number of nitrogens with zero attached hydrogens (tertiary/aromatic N) is 3. The number of benzene rings is 2. The second kappa shape index (κ2) is 11.4. The number of hydrogen-bond acceptors (Lipinski definition) is 6. The number of rotatable bonds is 7. The molecule has 0 radical (unpaired) electrons. The van der Waals surface area contributed by atoms with Crippen LogP contribution < -0.4 is 15.6 Å². The predicted octanol–water partition coefficient (Wildman–Crippen LogP) is 4.40. The van der Waals surface area contributed by atoms with E-state index in [1.807, 2.05) is 24.3 Å². The van der Waals surface area contributed by atoms with Crippen LogP contribution in [0.25, 0.3) is 11.4 Å². The smallest absolute Gasteiger partial charge is 0.269 e. The van der Waals surface area contributed by atoms with E-state index in [1.54, 1.807) is 7.11 Å². The van der Waals surface area contributed by atoms with E-state index in [2.05, 4.69) is 32.5 Å². The zero-order valence-corrected chi connectivity index (χ0v) is 20.5. The van der Waals surface area contributed by atoms with Crippen molar-refractivity contribution >= 4 is 23.6 Å². The lowest BCUT2D eigenvalue weighted by Crippen LogP contribution is -2.42. The van der Waals surface area contributed by atoms with Gasteiger partial charge in [-0.3, -0.25) is 25.0 Å². The molecule has 2 amide bonds. The third-order valence-electron chi connectivity index (χ3n) is 6.16. The van der Waals surface area contributed by atoms with Crippen LogP contribution in [0.5, 0.6) is 5.75 Å². The van der Waals surface area contributed by atoms with E-state index in [-0.39, 0.29) is 23.3 Å². The van der Waals surface area contributed by atoms with Crippen LogP contribution in [0.1, 0.15) is 49.0 Å². The van der Waals surface area contributed by atoms with Gasteiger partial charge in [-0.2, -0.15) is 0 Å². The van der Waals surface area contributed by atoms with E-state index in [9.17, 15) is 14.0 Å². The Morgan fingerprint density at radius 2 is 1.77 bits per heavy atom. The quantitative estimate of drug-likeness (QED) is 0.371. The number of amides is 2. The van der Waals surface area contributed by atoms with E-state index in [1.165, 1.54) is 42.4 Å². The Morgan fingerprint density at radius 3 is 2.46 bits per heavy atom. The van der Waals surface area contributed by atoms with Crippen molar-refractivity contribution in [3.63, 3.8) is 0 Å². The van der Waals surface area contributed by atoms with Crippen molar-refractivity contribution in [2.75, 3.05) is 12.9 Å². The van der Waals surface area contributed by atoms with Gasteiger partial charge in [0.15, 0.2) is 11.0 Å². The van der Waals surface area contributed by atoms with Crippen molar-refractivity contribution in [2.24, 2.45) is 5.92 Å². The topological polar surface area (TPSA) is 98.1 Å². The first-order valence-corrected chi connectivity index (χ1v) is 12.5. The molecule has 1 heterocycles. The molecular weight excluding hydrogens is 469 g/mol. The van der Waals surface area contributed by atoms with Crippen molar-refractivity contribution in [1.82, 2.24) is 25.6 Å². The van der Waals surface area contributed by atoms with Crippen LogP contribution in [0.15, 0.2) is 53.7 Å². The van der Waals surface area contributed by atoms with Gasteiger partial charge in [-0.25, -0.2) is 4.39 Å². The van der Waals surface area contributed by atoms with Crippen molar-refractivity contribution in [1.29, 1.82) is 0 Å². The molecule has 10 heteroatoms. The fraction of sp³-hybridized carbons (Fsp3) is 0.360. The molecule has 3 aromatic rings. The predicted molar refractivity (Wildman–Crippen MR) is 131 cm³/mol. The van der Waals surface area contributed by atoms with Gasteiger partial charge in [0.05, 0.1) is 12.9 Å². The van der Waals surface area contributed by atoms with E-state index < -0.39 is 11.7 Å². The molecular formula is C25H28FN5O3S. The van der Waals surface area contributed by atoms with E-state index in [4.69, 9.17) is 4.74 Å². The normalized spacial score (nSPS) is 17.6. The van der Waals surface area contributed by atoms with Crippen LogP contribution in [0.2, 0.25) is 0 Å². The Labute approximate surface area is 207 Å². The first-order chi connectivity index (χ1) is 17.0. The number of nitrogens with one attached hydrogen (secondary N) is 2. The van der Waals surface area contributed by atoms with Gasteiger partial charge >= 0.3 is 0 Å². The second-order valence-corrected chi connectivity index (χ2v) is 9.47. The molecule has 8 nitrogen and oxygen atoms in total. The van der Waals surface area contributed by atoms with Crippen LogP contribution in [0.3, 0.4) is 0 Å². The highest BCUT2D eigenvalue weighted by Gasteiger charge is 2.29. The molecule has 184 valence electrons. The third kappa shape index (κ3) is 6.00. The van der Waals surface area contributed by atoms with Crippen LogP contribution >= 0.6 is 11.8 Å². The molecule has 1 aromatic heterocycles. The van der Waals surface area contributed by atoms with Gasteiger partial charge in [0.1, 0.15) is 11.6 Å². The zero-order valence-electron chi connectivity index (χ0n) is 19.7. The highest BCUT2D eigenvalue weighted by atomic mass is 32.2. The van der Waals surface area contributed by atoms with Crippen molar-refractivity contribution in [2.45, 2.75) is 43.8 Å². The summed E-state index contributed by atoms with van der Waals surface area (Å²) in [6.45, 7) is 2.24. The molecule has 35 heavy (non-hydrogen) atoms. The minimum atomic E-state index is -0.524. The van der Waals surface area contributed by atoms with Gasteiger partial charge in [-0.1, -0.05) is 31.5 Å². The largest absolute Gasteiger partial charge is 0.497 e. The molecule has 4 rings (SSSR count). The van der Waals surface area contributed by atoms with Crippen LogP contribution in [-0.2, 0) is 4.79 Å². The standard InChI is InChI=1S/C25H28FN5O3S/c1-16-5-3-4-6-21(16)31-23(17-9-13-20(34-2)14-10-17)28-30-25(31)35-15-22(32)27-29-24(33)18-7-11-19(26)12-8-18/h7-14,16,21H,3-6,15H2,1-2H3,(H,27,32)(H,29,33). The molecule has 0 spiro atoms. The molecule has 1 aliphatic carbocycles. The number of ether oxygens (including phenoxy) is 1. The van der Waals surface area contributed by atoms with Crippen LogP contribution in [0, 0.1) is 11.7 Å². The number of aromatic nitrogens is 3. The van der Waals surface area contributed by atoms with Crippen LogP contribution in [0.4, 0.5) is 4.39 Å². The summed E-state index contributed by atoms with van der Waals surface area (Å²) in [4.78, 5) is 24.6. The Hall–Kier alpha value is -3.40. The highest BCUT2D eigenvalue weighted by Crippen LogP contribution is 2.39. The molecule has 2 atom stereocenters. The molecule has 0 saturated heterocycles. The Morgan fingerprint density at radius 1 is 1.06 bits per heavy atom. The molecule has 2 aromatic carbocycles. The number of thioether (sulfide) groups is 1. The average molecular weight is 498 g/mol. The van der Waals surface area contributed by atoms with Gasteiger partial charge in [-0.15, -0.1) is 10.2 Å². The van der Waals surface area contributed by atoms with Gasteiger partial charge in [0.25, 0.3) is 5.91 Å². The summed E-state index contributed by atoms with van der Waals surface area (Å²) >= 11 is 1.28. The minimum Gasteiger partial charge on any atom is -0.497 e. The Kier molecular flexibility index (Phi) is 8.02. The van der Waals surface area contributed by atoms with Gasteiger partial charge < -0.3 is 4.74 Å². The summed E-state index contributed by atoms with van der Waals surface area (Å²) in [6, 6.07) is 13.0. The summed E-state index contributed by atoms with van der Waals surface area (Å²) in [5, 5.41) is 9.54. The van der Waals surface area contributed by atoms with E-state index in [0.29, 0.717) is 11.1 Å². The zero-order chi connectivity index (χ0) is 24.8. The number of carbonyl (C=O) groups excluding carboxylic acids is 2. The monoisotopic (exact) mass is 497 g/mol. The molecule has 1 fully saturated rings. The van der Waals surface area contributed by atoms with Crippen molar-refractivity contribution in [3.05, 3.63) is 59.9 Å². The SMILES string of the molecule is COc1ccc(-c2nnc(SCC(=O)NNC(=O)c3ccc(F)cc3)n2C2CCCCC2C)cc1. The molecule has 1 aliphatic rings. The van der Waals surface area contributed by atoms with Gasteiger partial charge in [-0.05, 0) is 67.3 Å². The number of hydrazine groups is 1. The average Bonchev–Trinajstić information content (AvgIpc) is 3.30. The summed E-state index contributed by atoms with van der Waals surface area (Å²) in [7, 11) is 1.63. The lowest BCUT2D eigenvalue weighted by molar-refractivity contribution is -0.119. The van der Waals surface area contributed by atoms with E-state index >= 15 is 0 Å². The first-order valence-electron chi connectivity index (χ1n) is 11.5. The summed E-state index contributed by atoms with van der Waals surface area (Å²) in [6.07, 6.45) is 4.49. The van der Waals surface area contributed by atoms with Crippen molar-refractivity contribution < 1.29 is 18.7 Å².